The van der Waals surface area contributed by atoms with Crippen molar-refractivity contribution in [1.82, 2.24) is 4.90 Å². The second-order valence-electron chi connectivity index (χ2n) is 5.17. The van der Waals surface area contributed by atoms with Gasteiger partial charge in [-0.3, -0.25) is 0 Å². The van der Waals surface area contributed by atoms with Crippen LogP contribution < -0.4 is 0 Å². The molecule has 2 fully saturated rings. The van der Waals surface area contributed by atoms with Crippen molar-refractivity contribution in [2.24, 2.45) is 11.8 Å². The van der Waals surface area contributed by atoms with Crippen LogP contribution in [0.2, 0.25) is 0 Å². The number of hydrogen-bond donors (Lipinski definition) is 1. The van der Waals surface area contributed by atoms with E-state index < -0.39 is 6.09 Å². The highest BCUT2D eigenvalue weighted by molar-refractivity contribution is 5.65. The van der Waals surface area contributed by atoms with Crippen molar-refractivity contribution in [2.75, 3.05) is 13.1 Å². The van der Waals surface area contributed by atoms with Crippen LogP contribution in [0.1, 0.15) is 18.6 Å². The number of carbonyl (C=O) groups is 1. The maximum absolute atomic E-state index is 10.8. The third-order valence-electron chi connectivity index (χ3n) is 4.02. The Hall–Kier alpha value is -1.55. The maximum atomic E-state index is 10.8. The van der Waals surface area contributed by atoms with Gasteiger partial charge in [-0.1, -0.05) is 30.3 Å². The van der Waals surface area contributed by atoms with Crippen LogP contribution in [0.25, 0.3) is 0 Å². The van der Waals surface area contributed by atoms with Crippen molar-refractivity contribution in [2.45, 2.75) is 19.1 Å². The van der Waals surface area contributed by atoms with Crippen LogP contribution in [-0.4, -0.2) is 35.3 Å². The molecule has 96 valence electrons. The molecule has 2 unspecified atom stereocenters. The average Bonchev–Trinajstić information content (AvgIpc) is 2.84. The van der Waals surface area contributed by atoms with E-state index in [4.69, 9.17) is 9.84 Å². The van der Waals surface area contributed by atoms with Gasteiger partial charge in [0.15, 0.2) is 0 Å². The van der Waals surface area contributed by atoms with E-state index in [1.807, 2.05) is 18.2 Å². The van der Waals surface area contributed by atoms with Gasteiger partial charge in [-0.15, -0.1) is 0 Å². The first kappa shape index (κ1) is 11.5. The molecule has 1 aromatic rings. The van der Waals surface area contributed by atoms with Gasteiger partial charge in [-0.05, 0) is 12.5 Å². The molecule has 0 bridgehead atoms. The molecule has 1 heterocycles. The molecule has 2 aliphatic rings. The minimum absolute atomic E-state index is 0.0834. The predicted octanol–water partition coefficient (Wildman–Crippen LogP) is 2.37. The summed E-state index contributed by atoms with van der Waals surface area (Å²) in [5.41, 5.74) is 1.18. The van der Waals surface area contributed by atoms with Crippen LogP contribution in [0.5, 0.6) is 0 Å². The molecule has 18 heavy (non-hydrogen) atoms. The van der Waals surface area contributed by atoms with E-state index in [1.54, 1.807) is 0 Å². The van der Waals surface area contributed by atoms with Gasteiger partial charge in [-0.25, -0.2) is 4.79 Å². The van der Waals surface area contributed by atoms with Gasteiger partial charge >= 0.3 is 6.09 Å². The standard InChI is InChI=1S/C14H17NO3/c1-9(10-5-3-2-4-6-10)18-13-11-7-15(14(16)17)8-12(11)13/h2-6,9,11-13H,7-8H2,1H3,(H,16,17)/t9?,11-,12+,13?. The monoisotopic (exact) mass is 247 g/mol. The number of rotatable bonds is 3. The fourth-order valence-corrected chi connectivity index (χ4v) is 2.87. The van der Waals surface area contributed by atoms with E-state index in [2.05, 4.69) is 19.1 Å². The van der Waals surface area contributed by atoms with Crippen LogP contribution >= 0.6 is 0 Å². The van der Waals surface area contributed by atoms with Crippen LogP contribution in [-0.2, 0) is 4.74 Å². The fourth-order valence-electron chi connectivity index (χ4n) is 2.87. The van der Waals surface area contributed by atoms with E-state index in [0.717, 1.165) is 0 Å². The number of nitrogens with zero attached hydrogens (tertiary/aromatic N) is 1. The molecule has 0 aromatic heterocycles. The van der Waals surface area contributed by atoms with E-state index in [0.29, 0.717) is 24.9 Å². The molecule has 1 aliphatic heterocycles. The first-order valence-electron chi connectivity index (χ1n) is 6.35. The number of fused-ring (bicyclic) bond motifs is 1. The molecule has 1 aromatic carbocycles. The number of hydrogen-bond acceptors (Lipinski definition) is 2. The summed E-state index contributed by atoms with van der Waals surface area (Å²) in [6.45, 7) is 3.32. The second-order valence-corrected chi connectivity index (χ2v) is 5.17. The van der Waals surface area contributed by atoms with Gasteiger partial charge < -0.3 is 14.7 Å². The molecule has 4 heteroatoms. The summed E-state index contributed by atoms with van der Waals surface area (Å²) in [5, 5.41) is 8.88. The zero-order valence-electron chi connectivity index (χ0n) is 10.3. The molecule has 1 saturated carbocycles. The van der Waals surface area contributed by atoms with Gasteiger partial charge in [0.2, 0.25) is 0 Å². The molecule has 0 radical (unpaired) electrons. The molecule has 1 amide bonds. The molecule has 4 atom stereocenters. The SMILES string of the molecule is CC(OC1[C@H]2CN(C(=O)O)C[C@@H]12)c1ccccc1. The molecule has 4 nitrogen and oxygen atoms in total. The number of amides is 1. The number of carboxylic acid groups (broad SMARTS) is 1. The normalized spacial score (nSPS) is 30.9. The highest BCUT2D eigenvalue weighted by Crippen LogP contribution is 2.49. The summed E-state index contributed by atoms with van der Waals surface area (Å²) < 4.78 is 6.02. The van der Waals surface area contributed by atoms with E-state index in [-0.39, 0.29) is 12.2 Å². The van der Waals surface area contributed by atoms with Crippen molar-refractivity contribution in [3.63, 3.8) is 0 Å². The van der Waals surface area contributed by atoms with Gasteiger partial charge in [0, 0.05) is 24.9 Å². The van der Waals surface area contributed by atoms with Crippen molar-refractivity contribution < 1.29 is 14.6 Å². The van der Waals surface area contributed by atoms with E-state index >= 15 is 0 Å². The first-order valence-corrected chi connectivity index (χ1v) is 6.35. The fraction of sp³-hybridized carbons (Fsp3) is 0.500. The summed E-state index contributed by atoms with van der Waals surface area (Å²) in [5.74, 6) is 0.819. The number of piperidine rings is 1. The van der Waals surface area contributed by atoms with Crippen molar-refractivity contribution >= 4 is 6.09 Å². The minimum atomic E-state index is -0.808. The maximum Gasteiger partial charge on any atom is 0.407 e. The minimum Gasteiger partial charge on any atom is -0.465 e. The van der Waals surface area contributed by atoms with E-state index in [1.165, 1.54) is 10.5 Å². The molecule has 1 N–H and O–H groups in total. The summed E-state index contributed by atoms with van der Waals surface area (Å²) in [6, 6.07) is 10.1. The number of likely N-dealkylation sites (tertiary alicyclic amines) is 1. The van der Waals surface area contributed by atoms with Gasteiger partial charge in [0.05, 0.1) is 12.2 Å². The van der Waals surface area contributed by atoms with Crippen LogP contribution in [0, 0.1) is 11.8 Å². The molecule has 0 spiro atoms. The lowest BCUT2D eigenvalue weighted by atomic mass is 10.1. The largest absolute Gasteiger partial charge is 0.465 e. The summed E-state index contributed by atoms with van der Waals surface area (Å²) >= 11 is 0. The van der Waals surface area contributed by atoms with Crippen LogP contribution in [0.15, 0.2) is 30.3 Å². The Balaban J connectivity index is 1.54. The third kappa shape index (κ3) is 1.97. The van der Waals surface area contributed by atoms with Gasteiger partial charge in [0.1, 0.15) is 0 Å². The predicted molar refractivity (Wildman–Crippen MR) is 66.3 cm³/mol. The summed E-state index contributed by atoms with van der Waals surface area (Å²) in [7, 11) is 0. The zero-order valence-corrected chi connectivity index (χ0v) is 10.3. The summed E-state index contributed by atoms with van der Waals surface area (Å²) in [6.07, 6.45) is -0.479. The molecule has 3 rings (SSSR count). The van der Waals surface area contributed by atoms with Crippen LogP contribution in [0.3, 0.4) is 0 Å². The highest BCUT2D eigenvalue weighted by atomic mass is 16.5. The van der Waals surface area contributed by atoms with E-state index in [9.17, 15) is 4.79 Å². The second kappa shape index (κ2) is 4.28. The topological polar surface area (TPSA) is 49.8 Å². The average molecular weight is 247 g/mol. The lowest BCUT2D eigenvalue weighted by Gasteiger charge is -2.19. The first-order chi connectivity index (χ1) is 8.66. The molecule has 1 saturated heterocycles. The Morgan fingerprint density at radius 2 is 1.94 bits per heavy atom. The Kier molecular flexibility index (Phi) is 2.74. The van der Waals surface area contributed by atoms with Crippen molar-refractivity contribution in [3.05, 3.63) is 35.9 Å². The lowest BCUT2D eigenvalue weighted by Crippen LogP contribution is -2.31. The molecular formula is C14H17NO3. The van der Waals surface area contributed by atoms with Crippen molar-refractivity contribution in [1.29, 1.82) is 0 Å². The molecule has 1 aliphatic carbocycles. The zero-order chi connectivity index (χ0) is 12.7. The third-order valence-corrected chi connectivity index (χ3v) is 4.02. The van der Waals surface area contributed by atoms with Crippen LogP contribution in [0.4, 0.5) is 4.79 Å². The Bertz CT molecular complexity index is 436. The number of ether oxygens (including phenoxy) is 1. The van der Waals surface area contributed by atoms with Gasteiger partial charge in [-0.2, -0.15) is 0 Å². The number of benzene rings is 1. The highest BCUT2D eigenvalue weighted by Gasteiger charge is 2.58. The molecular weight excluding hydrogens is 230 g/mol. The smallest absolute Gasteiger partial charge is 0.407 e. The Morgan fingerprint density at radius 3 is 2.50 bits per heavy atom. The quantitative estimate of drug-likeness (QED) is 0.892. The summed E-state index contributed by atoms with van der Waals surface area (Å²) in [4.78, 5) is 12.3. The van der Waals surface area contributed by atoms with Crippen molar-refractivity contribution in [3.8, 4) is 0 Å². The Morgan fingerprint density at radius 1 is 1.33 bits per heavy atom. The van der Waals surface area contributed by atoms with Gasteiger partial charge in [0.25, 0.3) is 0 Å². The Labute approximate surface area is 106 Å². The lowest BCUT2D eigenvalue weighted by molar-refractivity contribution is 0.0253.